The molecule has 0 radical (unpaired) electrons. The highest BCUT2D eigenvalue weighted by Gasteiger charge is 2.21. The van der Waals surface area contributed by atoms with Crippen LogP contribution in [0, 0.1) is 6.92 Å². The summed E-state index contributed by atoms with van der Waals surface area (Å²) in [5.74, 6) is 2.79. The molecular weight excluding hydrogens is 264 g/mol. The molecule has 1 aromatic heterocycles. The summed E-state index contributed by atoms with van der Waals surface area (Å²) >= 11 is 0. The minimum atomic E-state index is 0.268. The highest BCUT2D eigenvalue weighted by Crippen LogP contribution is 2.27. The van der Waals surface area contributed by atoms with Crippen molar-refractivity contribution in [1.82, 2.24) is 14.9 Å². The molecule has 1 aromatic rings. The summed E-state index contributed by atoms with van der Waals surface area (Å²) in [7, 11) is 2.16. The van der Waals surface area contributed by atoms with E-state index in [4.69, 9.17) is 4.74 Å². The standard InChI is InChI=1S/C16H28N4O/c1-6-17-15-12(4)16(19-14(18-15)11(2)3)21-13-7-9-20(5)10-8-13/h11,13H,6-10H2,1-5H3,(H,17,18,19). The third-order valence-electron chi connectivity index (χ3n) is 3.92. The van der Waals surface area contributed by atoms with Crippen molar-refractivity contribution >= 4 is 5.82 Å². The van der Waals surface area contributed by atoms with Crippen LogP contribution < -0.4 is 10.1 Å². The van der Waals surface area contributed by atoms with E-state index >= 15 is 0 Å². The zero-order valence-electron chi connectivity index (χ0n) is 13.9. The molecule has 2 rings (SSSR count). The van der Waals surface area contributed by atoms with Gasteiger partial charge in [-0.2, -0.15) is 4.98 Å². The van der Waals surface area contributed by atoms with Crippen molar-refractivity contribution in [2.24, 2.45) is 0 Å². The molecule has 118 valence electrons. The smallest absolute Gasteiger partial charge is 0.222 e. The third kappa shape index (κ3) is 4.06. The molecule has 1 N–H and O–H groups in total. The summed E-state index contributed by atoms with van der Waals surface area (Å²) in [6.07, 6.45) is 2.39. The maximum absolute atomic E-state index is 6.19. The second-order valence-electron chi connectivity index (χ2n) is 6.17. The Hall–Kier alpha value is -1.36. The lowest BCUT2D eigenvalue weighted by atomic mass is 10.1. The molecule has 0 aromatic carbocycles. The molecule has 2 heterocycles. The normalized spacial score (nSPS) is 17.2. The number of hydrogen-bond donors (Lipinski definition) is 1. The summed E-state index contributed by atoms with van der Waals surface area (Å²) in [5.41, 5.74) is 1.01. The molecule has 5 nitrogen and oxygen atoms in total. The van der Waals surface area contributed by atoms with Crippen molar-refractivity contribution in [3.05, 3.63) is 11.4 Å². The molecule has 0 unspecified atom stereocenters. The summed E-state index contributed by atoms with van der Waals surface area (Å²) in [6, 6.07) is 0. The van der Waals surface area contributed by atoms with Crippen molar-refractivity contribution in [3.63, 3.8) is 0 Å². The lowest BCUT2D eigenvalue weighted by Gasteiger charge is -2.29. The van der Waals surface area contributed by atoms with E-state index in [1.807, 2.05) is 6.92 Å². The summed E-state index contributed by atoms with van der Waals surface area (Å²) in [6.45, 7) is 11.4. The summed E-state index contributed by atoms with van der Waals surface area (Å²) in [5, 5.41) is 3.32. The highest BCUT2D eigenvalue weighted by molar-refractivity contribution is 5.48. The molecule has 0 bridgehead atoms. The van der Waals surface area contributed by atoms with Gasteiger partial charge in [-0.25, -0.2) is 4.98 Å². The van der Waals surface area contributed by atoms with Gasteiger partial charge in [0.15, 0.2) is 0 Å². The third-order valence-corrected chi connectivity index (χ3v) is 3.92. The number of ether oxygens (including phenoxy) is 1. The molecular formula is C16H28N4O. The van der Waals surface area contributed by atoms with Gasteiger partial charge in [-0.3, -0.25) is 0 Å². The topological polar surface area (TPSA) is 50.3 Å². The number of hydrogen-bond acceptors (Lipinski definition) is 5. The summed E-state index contributed by atoms with van der Waals surface area (Å²) in [4.78, 5) is 11.6. The maximum atomic E-state index is 6.19. The van der Waals surface area contributed by atoms with Gasteiger partial charge in [-0.15, -0.1) is 0 Å². The van der Waals surface area contributed by atoms with Gasteiger partial charge in [0, 0.05) is 25.6 Å². The number of anilines is 1. The van der Waals surface area contributed by atoms with Crippen LogP contribution in [-0.2, 0) is 0 Å². The first kappa shape index (κ1) is 16.0. The first-order valence-corrected chi connectivity index (χ1v) is 7.98. The van der Waals surface area contributed by atoms with Crippen LogP contribution in [0.5, 0.6) is 5.88 Å². The van der Waals surface area contributed by atoms with E-state index in [-0.39, 0.29) is 6.10 Å². The molecule has 1 fully saturated rings. The summed E-state index contributed by atoms with van der Waals surface area (Å²) < 4.78 is 6.19. The predicted octanol–water partition coefficient (Wildman–Crippen LogP) is 2.81. The number of likely N-dealkylation sites (tertiary alicyclic amines) is 1. The van der Waals surface area contributed by atoms with Gasteiger partial charge in [0.05, 0.1) is 5.56 Å². The lowest BCUT2D eigenvalue weighted by molar-refractivity contribution is 0.109. The van der Waals surface area contributed by atoms with E-state index in [2.05, 4.69) is 48.0 Å². The van der Waals surface area contributed by atoms with E-state index in [0.717, 1.165) is 55.6 Å². The van der Waals surface area contributed by atoms with Crippen LogP contribution in [0.3, 0.4) is 0 Å². The number of aromatic nitrogens is 2. The average molecular weight is 292 g/mol. The number of nitrogens with zero attached hydrogens (tertiary/aromatic N) is 3. The quantitative estimate of drug-likeness (QED) is 0.904. The van der Waals surface area contributed by atoms with Crippen LogP contribution in [0.1, 0.15) is 50.9 Å². The first-order valence-electron chi connectivity index (χ1n) is 7.98. The Morgan fingerprint density at radius 3 is 2.52 bits per heavy atom. The largest absolute Gasteiger partial charge is 0.474 e. The minimum Gasteiger partial charge on any atom is -0.474 e. The highest BCUT2D eigenvalue weighted by atomic mass is 16.5. The van der Waals surface area contributed by atoms with Gasteiger partial charge in [-0.05, 0) is 33.7 Å². The average Bonchev–Trinajstić information content (AvgIpc) is 2.45. The van der Waals surface area contributed by atoms with Crippen molar-refractivity contribution in [3.8, 4) is 5.88 Å². The van der Waals surface area contributed by atoms with Crippen molar-refractivity contribution < 1.29 is 4.74 Å². The molecule has 0 spiro atoms. The Balaban J connectivity index is 2.20. The Bertz CT molecular complexity index is 468. The van der Waals surface area contributed by atoms with Crippen LogP contribution in [-0.4, -0.2) is 47.7 Å². The van der Waals surface area contributed by atoms with E-state index < -0.39 is 0 Å². The number of rotatable bonds is 5. The fourth-order valence-electron chi connectivity index (χ4n) is 2.49. The Labute approximate surface area is 128 Å². The van der Waals surface area contributed by atoms with Gasteiger partial charge >= 0.3 is 0 Å². The molecule has 5 heteroatoms. The van der Waals surface area contributed by atoms with Gasteiger partial charge in [0.1, 0.15) is 17.7 Å². The zero-order chi connectivity index (χ0) is 15.4. The molecule has 1 saturated heterocycles. The molecule has 0 amide bonds. The Kier molecular flexibility index (Phi) is 5.39. The van der Waals surface area contributed by atoms with Crippen molar-refractivity contribution in [2.75, 3.05) is 32.0 Å². The van der Waals surface area contributed by atoms with Crippen LogP contribution in [0.25, 0.3) is 0 Å². The lowest BCUT2D eigenvalue weighted by Crippen LogP contribution is -2.36. The molecule has 0 saturated carbocycles. The van der Waals surface area contributed by atoms with Crippen molar-refractivity contribution in [1.29, 1.82) is 0 Å². The van der Waals surface area contributed by atoms with E-state index in [0.29, 0.717) is 5.92 Å². The monoisotopic (exact) mass is 292 g/mol. The van der Waals surface area contributed by atoms with Crippen LogP contribution in [0.15, 0.2) is 0 Å². The number of nitrogens with one attached hydrogen (secondary N) is 1. The van der Waals surface area contributed by atoms with Gasteiger partial charge in [-0.1, -0.05) is 13.8 Å². The molecule has 0 atom stereocenters. The molecule has 1 aliphatic rings. The molecule has 1 aliphatic heterocycles. The minimum absolute atomic E-state index is 0.268. The fraction of sp³-hybridized carbons (Fsp3) is 0.750. The molecule has 0 aliphatic carbocycles. The van der Waals surface area contributed by atoms with E-state index in [1.165, 1.54) is 0 Å². The molecule has 21 heavy (non-hydrogen) atoms. The second kappa shape index (κ2) is 7.07. The van der Waals surface area contributed by atoms with E-state index in [1.54, 1.807) is 0 Å². The van der Waals surface area contributed by atoms with Crippen molar-refractivity contribution in [2.45, 2.75) is 52.6 Å². The van der Waals surface area contributed by atoms with Crippen LogP contribution in [0.4, 0.5) is 5.82 Å². The van der Waals surface area contributed by atoms with Gasteiger partial charge < -0.3 is 15.0 Å². The van der Waals surface area contributed by atoms with Crippen LogP contribution in [0.2, 0.25) is 0 Å². The van der Waals surface area contributed by atoms with Gasteiger partial charge in [0.2, 0.25) is 5.88 Å². The SMILES string of the molecule is CCNc1nc(C(C)C)nc(OC2CCN(C)CC2)c1C. The zero-order valence-corrected chi connectivity index (χ0v) is 13.9. The maximum Gasteiger partial charge on any atom is 0.222 e. The van der Waals surface area contributed by atoms with Gasteiger partial charge in [0.25, 0.3) is 0 Å². The van der Waals surface area contributed by atoms with Crippen LogP contribution >= 0.6 is 0 Å². The first-order chi connectivity index (χ1) is 10.0. The second-order valence-corrected chi connectivity index (χ2v) is 6.17. The predicted molar refractivity (Wildman–Crippen MR) is 86.2 cm³/mol. The Morgan fingerprint density at radius 2 is 1.95 bits per heavy atom. The Morgan fingerprint density at radius 1 is 1.29 bits per heavy atom. The van der Waals surface area contributed by atoms with E-state index in [9.17, 15) is 0 Å². The number of piperidine rings is 1. The fourth-order valence-corrected chi connectivity index (χ4v) is 2.49.